The van der Waals surface area contributed by atoms with E-state index in [4.69, 9.17) is 11.2 Å². The van der Waals surface area contributed by atoms with Crippen LogP contribution in [0.5, 0.6) is 5.75 Å². The number of aliphatic hydroxyl groups is 1. The quantitative estimate of drug-likeness (QED) is 0.800. The van der Waals surface area contributed by atoms with Crippen LogP contribution in [0.25, 0.3) is 0 Å². The van der Waals surface area contributed by atoms with Crippen molar-refractivity contribution in [3.8, 4) is 29.9 Å². The Morgan fingerprint density at radius 3 is 2.35 bits per heavy atom. The molecular weight excluding hydrogens is 343 g/mol. The first-order chi connectivity index (χ1) is 12.3. The number of hydrogen-bond acceptors (Lipinski definition) is 3. The van der Waals surface area contributed by atoms with Gasteiger partial charge in [-0.1, -0.05) is 30.3 Å². The molecule has 0 amide bonds. The first kappa shape index (κ1) is 19.2. The zero-order valence-corrected chi connectivity index (χ0v) is 13.9. The summed E-state index contributed by atoms with van der Waals surface area (Å²) in [4.78, 5) is 0. The molecule has 2 aromatic rings. The lowest BCUT2D eigenvalue weighted by Gasteiger charge is -2.28. The Bertz CT molecular complexity index is 858. The maximum absolute atomic E-state index is 13.5. The summed E-state index contributed by atoms with van der Waals surface area (Å²) in [6.07, 6.45) is -0.0936. The number of nitrogens with one attached hydrogen (secondary N) is 1. The van der Waals surface area contributed by atoms with Crippen molar-refractivity contribution in [3.63, 3.8) is 0 Å². The smallest absolute Gasteiger partial charge is 0.433 e. The SMILES string of the molecule is C#CC#CC(O)(c1ccccc1NCc1ccc(OC)cc1)C(F)(F)F. The summed E-state index contributed by atoms with van der Waals surface area (Å²) in [6.45, 7) is 0.248. The minimum absolute atomic E-state index is 0.106. The van der Waals surface area contributed by atoms with E-state index in [0.717, 1.165) is 11.6 Å². The highest BCUT2D eigenvalue weighted by Gasteiger charge is 2.55. The van der Waals surface area contributed by atoms with Crippen LogP contribution >= 0.6 is 0 Å². The summed E-state index contributed by atoms with van der Waals surface area (Å²) in [5, 5.41) is 13.1. The highest BCUT2D eigenvalue weighted by Crippen LogP contribution is 2.41. The molecule has 0 aliphatic carbocycles. The predicted molar refractivity (Wildman–Crippen MR) is 93.3 cm³/mol. The maximum Gasteiger partial charge on any atom is 0.433 e. The molecule has 26 heavy (non-hydrogen) atoms. The van der Waals surface area contributed by atoms with E-state index in [0.29, 0.717) is 5.75 Å². The van der Waals surface area contributed by atoms with Crippen molar-refractivity contribution in [2.24, 2.45) is 0 Å². The van der Waals surface area contributed by atoms with E-state index in [9.17, 15) is 18.3 Å². The van der Waals surface area contributed by atoms with Gasteiger partial charge in [0.15, 0.2) is 0 Å². The molecular formula is C20H16F3NO2. The van der Waals surface area contributed by atoms with Gasteiger partial charge in [-0.3, -0.25) is 0 Å². The summed E-state index contributed by atoms with van der Waals surface area (Å²) in [7, 11) is 1.54. The second-order valence-electron chi connectivity index (χ2n) is 5.35. The number of halogens is 3. The normalized spacial score (nSPS) is 12.9. The van der Waals surface area contributed by atoms with Crippen molar-refractivity contribution in [2.45, 2.75) is 18.3 Å². The van der Waals surface area contributed by atoms with Crippen LogP contribution in [-0.2, 0) is 12.1 Å². The van der Waals surface area contributed by atoms with Gasteiger partial charge in [-0.2, -0.15) is 13.2 Å². The molecule has 3 nitrogen and oxygen atoms in total. The maximum atomic E-state index is 13.5. The molecule has 2 rings (SSSR count). The molecule has 2 aromatic carbocycles. The average molecular weight is 359 g/mol. The fourth-order valence-corrected chi connectivity index (χ4v) is 2.31. The van der Waals surface area contributed by atoms with Crippen molar-refractivity contribution in [3.05, 3.63) is 59.7 Å². The first-order valence-electron chi connectivity index (χ1n) is 7.55. The molecule has 6 heteroatoms. The van der Waals surface area contributed by atoms with Crippen LogP contribution in [0.3, 0.4) is 0 Å². The van der Waals surface area contributed by atoms with Gasteiger partial charge >= 0.3 is 6.18 Å². The number of rotatable bonds is 5. The van der Waals surface area contributed by atoms with Gasteiger partial charge in [-0.15, -0.1) is 6.42 Å². The second-order valence-corrected chi connectivity index (χ2v) is 5.35. The van der Waals surface area contributed by atoms with Crippen LogP contribution in [0.15, 0.2) is 48.5 Å². The molecule has 0 fully saturated rings. The second kappa shape index (κ2) is 7.86. The Kier molecular flexibility index (Phi) is 5.82. The number of methoxy groups -OCH3 is 1. The molecule has 1 unspecified atom stereocenters. The van der Waals surface area contributed by atoms with Gasteiger partial charge in [0.1, 0.15) is 5.75 Å². The van der Waals surface area contributed by atoms with Gasteiger partial charge in [0.05, 0.1) is 7.11 Å². The Morgan fingerprint density at radius 1 is 1.12 bits per heavy atom. The zero-order valence-electron chi connectivity index (χ0n) is 13.9. The molecule has 0 aliphatic rings. The van der Waals surface area contributed by atoms with E-state index in [1.807, 2.05) is 5.92 Å². The Hall–Kier alpha value is -3.09. The fraction of sp³-hybridized carbons (Fsp3) is 0.200. The monoisotopic (exact) mass is 359 g/mol. The van der Waals surface area contributed by atoms with E-state index >= 15 is 0 Å². The molecule has 0 spiro atoms. The van der Waals surface area contributed by atoms with Crippen LogP contribution in [0, 0.1) is 24.2 Å². The molecule has 134 valence electrons. The van der Waals surface area contributed by atoms with Crippen molar-refractivity contribution in [2.75, 3.05) is 12.4 Å². The van der Waals surface area contributed by atoms with Crippen LogP contribution in [-0.4, -0.2) is 18.4 Å². The third kappa shape index (κ3) is 4.11. The molecule has 0 heterocycles. The number of hydrogen-bond donors (Lipinski definition) is 2. The largest absolute Gasteiger partial charge is 0.497 e. The Morgan fingerprint density at radius 2 is 1.77 bits per heavy atom. The molecule has 0 aromatic heterocycles. The van der Waals surface area contributed by atoms with E-state index in [2.05, 4.69) is 5.32 Å². The van der Waals surface area contributed by atoms with Gasteiger partial charge in [0.2, 0.25) is 0 Å². The van der Waals surface area contributed by atoms with E-state index < -0.39 is 17.3 Å². The Balaban J connectivity index is 2.35. The average Bonchev–Trinajstić information content (AvgIpc) is 2.64. The van der Waals surface area contributed by atoms with E-state index in [1.165, 1.54) is 12.1 Å². The van der Waals surface area contributed by atoms with Crippen LogP contribution in [0.4, 0.5) is 18.9 Å². The number of alkyl halides is 3. The number of para-hydroxylation sites is 1. The number of anilines is 1. The number of terminal acetylenes is 1. The molecule has 1 atom stereocenters. The lowest BCUT2D eigenvalue weighted by atomic mass is 9.92. The predicted octanol–water partition coefficient (Wildman–Crippen LogP) is 3.69. The van der Waals surface area contributed by atoms with Gasteiger partial charge < -0.3 is 15.2 Å². The van der Waals surface area contributed by atoms with Gasteiger partial charge in [0.25, 0.3) is 5.60 Å². The van der Waals surface area contributed by atoms with Gasteiger partial charge in [-0.05, 0) is 41.5 Å². The molecule has 0 saturated carbocycles. The van der Waals surface area contributed by atoms with E-state index in [-0.39, 0.29) is 12.2 Å². The first-order valence-corrected chi connectivity index (χ1v) is 7.55. The highest BCUT2D eigenvalue weighted by molar-refractivity contribution is 5.57. The van der Waals surface area contributed by atoms with Crippen LogP contribution < -0.4 is 10.1 Å². The highest BCUT2D eigenvalue weighted by atomic mass is 19.4. The summed E-state index contributed by atoms with van der Waals surface area (Å²) < 4.78 is 45.5. The molecule has 0 aliphatic heterocycles. The minimum Gasteiger partial charge on any atom is -0.497 e. The van der Waals surface area contributed by atoms with Crippen LogP contribution in [0.2, 0.25) is 0 Å². The topological polar surface area (TPSA) is 41.5 Å². The van der Waals surface area contributed by atoms with Crippen molar-refractivity contribution >= 4 is 5.69 Å². The van der Waals surface area contributed by atoms with Gasteiger partial charge in [-0.25, -0.2) is 0 Å². The van der Waals surface area contributed by atoms with Gasteiger partial charge in [0, 0.05) is 17.8 Å². The number of benzene rings is 2. The van der Waals surface area contributed by atoms with Crippen molar-refractivity contribution < 1.29 is 23.0 Å². The summed E-state index contributed by atoms with van der Waals surface area (Å²) in [5.74, 6) is 6.09. The molecule has 2 N–H and O–H groups in total. The fourth-order valence-electron chi connectivity index (χ4n) is 2.31. The summed E-state index contributed by atoms with van der Waals surface area (Å²) in [6, 6.07) is 12.6. The van der Waals surface area contributed by atoms with E-state index in [1.54, 1.807) is 49.3 Å². The standard InChI is InChI=1S/C20H16F3NO2/c1-3-4-13-19(25,20(21,22)23)17-7-5-6-8-18(17)24-14-15-9-11-16(26-2)12-10-15/h1,5-12,24-25H,14H2,2H3. The third-order valence-electron chi connectivity index (χ3n) is 3.68. The lowest BCUT2D eigenvalue weighted by molar-refractivity contribution is -0.240. The lowest BCUT2D eigenvalue weighted by Crippen LogP contribution is -2.41. The molecule has 0 saturated heterocycles. The van der Waals surface area contributed by atoms with Crippen molar-refractivity contribution in [1.82, 2.24) is 0 Å². The summed E-state index contributed by atoms with van der Waals surface area (Å²) in [5.41, 5.74) is -2.85. The Labute approximate surface area is 149 Å². The van der Waals surface area contributed by atoms with Crippen molar-refractivity contribution in [1.29, 1.82) is 0 Å². The minimum atomic E-state index is -5.02. The number of ether oxygens (including phenoxy) is 1. The molecule has 0 bridgehead atoms. The third-order valence-corrected chi connectivity index (χ3v) is 3.68. The summed E-state index contributed by atoms with van der Waals surface area (Å²) >= 11 is 0. The molecule has 0 radical (unpaired) electrons. The zero-order chi connectivity index (χ0) is 19.2. The van der Waals surface area contributed by atoms with Crippen LogP contribution in [0.1, 0.15) is 11.1 Å².